The summed E-state index contributed by atoms with van der Waals surface area (Å²) >= 11 is 0. The monoisotopic (exact) mass is 300 g/mol. The molecule has 1 saturated heterocycles. The summed E-state index contributed by atoms with van der Waals surface area (Å²) in [4.78, 5) is 14.1. The highest BCUT2D eigenvalue weighted by Gasteiger charge is 2.12. The first-order valence-electron chi connectivity index (χ1n) is 7.81. The Hall–Kier alpha value is -2.23. The van der Waals surface area contributed by atoms with E-state index in [0.29, 0.717) is 18.0 Å². The number of carbonyl (C=O) groups excluding carboxylic acids is 1. The van der Waals surface area contributed by atoms with E-state index >= 15 is 0 Å². The second kappa shape index (κ2) is 8.27. The standard InChI is InChI=1S/C18H24N2O2/c1-2-13-22-17-9-7-15(14-16(17)19)8-10-18(21)20-11-5-3-4-6-12-20/h2,7-10,14H,1,3-6,11-13,19H2/b10-8-. The van der Waals surface area contributed by atoms with Crippen LogP contribution in [-0.4, -0.2) is 30.5 Å². The lowest BCUT2D eigenvalue weighted by atomic mass is 10.1. The van der Waals surface area contributed by atoms with Gasteiger partial charge in [0, 0.05) is 19.2 Å². The van der Waals surface area contributed by atoms with Crippen molar-refractivity contribution in [2.45, 2.75) is 25.7 Å². The van der Waals surface area contributed by atoms with Crippen molar-refractivity contribution in [1.29, 1.82) is 0 Å². The van der Waals surface area contributed by atoms with Gasteiger partial charge in [-0.2, -0.15) is 0 Å². The number of nitrogen functional groups attached to an aromatic ring is 1. The summed E-state index contributed by atoms with van der Waals surface area (Å²) in [7, 11) is 0. The van der Waals surface area contributed by atoms with Crippen molar-refractivity contribution >= 4 is 17.7 Å². The van der Waals surface area contributed by atoms with Gasteiger partial charge in [-0.05, 0) is 36.6 Å². The fourth-order valence-electron chi connectivity index (χ4n) is 2.51. The van der Waals surface area contributed by atoms with Gasteiger partial charge in [0.05, 0.1) is 5.69 Å². The van der Waals surface area contributed by atoms with Crippen molar-refractivity contribution in [3.63, 3.8) is 0 Å². The van der Waals surface area contributed by atoms with Crippen LogP contribution in [0.4, 0.5) is 5.69 Å². The first-order chi connectivity index (χ1) is 10.7. The van der Waals surface area contributed by atoms with Gasteiger partial charge in [0.25, 0.3) is 0 Å². The van der Waals surface area contributed by atoms with E-state index in [0.717, 1.165) is 31.5 Å². The number of amides is 1. The summed E-state index contributed by atoms with van der Waals surface area (Å²) in [6, 6.07) is 5.51. The first-order valence-corrected chi connectivity index (χ1v) is 7.81. The topological polar surface area (TPSA) is 55.6 Å². The van der Waals surface area contributed by atoms with Gasteiger partial charge < -0.3 is 15.4 Å². The Morgan fingerprint density at radius 1 is 1.27 bits per heavy atom. The predicted octanol–water partition coefficient (Wildman–Crippen LogP) is 3.25. The van der Waals surface area contributed by atoms with Crippen LogP contribution in [0.15, 0.2) is 36.9 Å². The smallest absolute Gasteiger partial charge is 0.246 e. The van der Waals surface area contributed by atoms with Crippen LogP contribution in [0.1, 0.15) is 31.2 Å². The maximum Gasteiger partial charge on any atom is 0.246 e. The Morgan fingerprint density at radius 2 is 2.00 bits per heavy atom. The van der Waals surface area contributed by atoms with E-state index in [4.69, 9.17) is 10.5 Å². The number of hydrogen-bond donors (Lipinski definition) is 1. The zero-order valence-corrected chi connectivity index (χ0v) is 13.0. The summed E-state index contributed by atoms with van der Waals surface area (Å²) < 4.78 is 5.43. The van der Waals surface area contributed by atoms with Gasteiger partial charge in [0.15, 0.2) is 0 Å². The fourth-order valence-corrected chi connectivity index (χ4v) is 2.51. The van der Waals surface area contributed by atoms with Gasteiger partial charge in [0.2, 0.25) is 5.91 Å². The summed E-state index contributed by atoms with van der Waals surface area (Å²) in [5, 5.41) is 0. The Labute approximate surface area is 132 Å². The highest BCUT2D eigenvalue weighted by atomic mass is 16.5. The number of likely N-dealkylation sites (tertiary alicyclic amines) is 1. The van der Waals surface area contributed by atoms with Crippen LogP contribution in [0.3, 0.4) is 0 Å². The molecule has 0 radical (unpaired) electrons. The Bertz CT molecular complexity index is 544. The van der Waals surface area contributed by atoms with E-state index in [1.54, 1.807) is 18.2 Å². The number of benzene rings is 1. The van der Waals surface area contributed by atoms with Crippen LogP contribution < -0.4 is 10.5 Å². The summed E-state index contributed by atoms with van der Waals surface area (Å²) in [5.74, 6) is 0.711. The molecule has 0 spiro atoms. The molecule has 2 rings (SSSR count). The molecule has 0 atom stereocenters. The molecular formula is C18H24N2O2. The maximum absolute atomic E-state index is 12.2. The average molecular weight is 300 g/mol. The van der Waals surface area contributed by atoms with Crippen molar-refractivity contribution < 1.29 is 9.53 Å². The van der Waals surface area contributed by atoms with Gasteiger partial charge >= 0.3 is 0 Å². The summed E-state index contributed by atoms with van der Waals surface area (Å²) in [6.07, 6.45) is 9.74. The van der Waals surface area contributed by atoms with Crippen LogP contribution >= 0.6 is 0 Å². The third-order valence-corrected chi connectivity index (χ3v) is 3.73. The Kier molecular flexibility index (Phi) is 6.07. The number of anilines is 1. The van der Waals surface area contributed by atoms with Gasteiger partial charge in [-0.15, -0.1) is 0 Å². The normalized spacial score (nSPS) is 15.5. The average Bonchev–Trinajstić information content (AvgIpc) is 2.81. The van der Waals surface area contributed by atoms with Gasteiger partial charge in [-0.1, -0.05) is 31.6 Å². The lowest BCUT2D eigenvalue weighted by molar-refractivity contribution is -0.125. The van der Waals surface area contributed by atoms with Crippen molar-refractivity contribution in [3.8, 4) is 5.75 Å². The van der Waals surface area contributed by atoms with Gasteiger partial charge in [-0.25, -0.2) is 0 Å². The summed E-state index contributed by atoms with van der Waals surface area (Å²) in [5.41, 5.74) is 7.40. The molecule has 0 unspecified atom stereocenters. The van der Waals surface area contributed by atoms with Crippen molar-refractivity contribution in [2.24, 2.45) is 0 Å². The lowest BCUT2D eigenvalue weighted by Crippen LogP contribution is -2.30. The largest absolute Gasteiger partial charge is 0.487 e. The van der Waals surface area contributed by atoms with Crippen LogP contribution in [0.5, 0.6) is 5.75 Å². The number of carbonyl (C=O) groups is 1. The van der Waals surface area contributed by atoms with Crippen LogP contribution in [0.25, 0.3) is 6.08 Å². The Morgan fingerprint density at radius 3 is 2.64 bits per heavy atom. The molecule has 22 heavy (non-hydrogen) atoms. The molecule has 0 saturated carbocycles. The molecule has 0 aromatic heterocycles. The molecular weight excluding hydrogens is 276 g/mol. The van der Waals surface area contributed by atoms with Crippen molar-refractivity contribution in [3.05, 3.63) is 42.5 Å². The molecule has 4 nitrogen and oxygen atoms in total. The predicted molar refractivity (Wildman–Crippen MR) is 90.6 cm³/mol. The molecule has 1 aliphatic rings. The summed E-state index contributed by atoms with van der Waals surface area (Å²) in [6.45, 7) is 5.75. The van der Waals surface area contributed by atoms with Crippen molar-refractivity contribution in [2.75, 3.05) is 25.4 Å². The number of nitrogens with two attached hydrogens (primary N) is 1. The van der Waals surface area contributed by atoms with Crippen molar-refractivity contribution in [1.82, 2.24) is 4.90 Å². The van der Waals surface area contributed by atoms with Crippen LogP contribution in [0, 0.1) is 0 Å². The molecule has 1 amide bonds. The van der Waals surface area contributed by atoms with E-state index in [-0.39, 0.29) is 5.91 Å². The molecule has 118 valence electrons. The number of hydrogen-bond acceptors (Lipinski definition) is 3. The molecule has 1 aromatic carbocycles. The second-order valence-corrected chi connectivity index (χ2v) is 5.47. The number of rotatable bonds is 5. The van der Waals surface area contributed by atoms with E-state index < -0.39 is 0 Å². The minimum absolute atomic E-state index is 0.0763. The van der Waals surface area contributed by atoms with Crippen LogP contribution in [-0.2, 0) is 4.79 Å². The molecule has 0 aliphatic carbocycles. The van der Waals surface area contributed by atoms with E-state index in [1.165, 1.54) is 12.8 Å². The molecule has 1 heterocycles. The van der Waals surface area contributed by atoms with E-state index in [1.807, 2.05) is 23.1 Å². The molecule has 1 aromatic rings. The Balaban J connectivity index is 1.98. The fraction of sp³-hybridized carbons (Fsp3) is 0.389. The zero-order chi connectivity index (χ0) is 15.8. The van der Waals surface area contributed by atoms with Gasteiger partial charge in [-0.3, -0.25) is 4.79 Å². The third-order valence-electron chi connectivity index (χ3n) is 3.73. The second-order valence-electron chi connectivity index (χ2n) is 5.47. The minimum atomic E-state index is 0.0763. The quantitative estimate of drug-likeness (QED) is 0.516. The number of nitrogens with zero attached hydrogens (tertiary/aromatic N) is 1. The molecule has 4 heteroatoms. The first kappa shape index (κ1) is 16.1. The molecule has 1 fully saturated rings. The van der Waals surface area contributed by atoms with E-state index in [9.17, 15) is 4.79 Å². The maximum atomic E-state index is 12.2. The molecule has 1 aliphatic heterocycles. The highest BCUT2D eigenvalue weighted by Crippen LogP contribution is 2.23. The lowest BCUT2D eigenvalue weighted by Gasteiger charge is -2.18. The highest BCUT2D eigenvalue weighted by molar-refractivity contribution is 5.92. The van der Waals surface area contributed by atoms with Gasteiger partial charge in [0.1, 0.15) is 12.4 Å². The van der Waals surface area contributed by atoms with Crippen LogP contribution in [0.2, 0.25) is 0 Å². The zero-order valence-electron chi connectivity index (χ0n) is 13.0. The SMILES string of the molecule is C=CCOc1ccc(/C=C\C(=O)N2CCCCCC2)cc1N. The number of ether oxygens (including phenoxy) is 1. The van der Waals surface area contributed by atoms with E-state index in [2.05, 4.69) is 6.58 Å². The minimum Gasteiger partial charge on any atom is -0.487 e. The molecule has 0 bridgehead atoms. The molecule has 2 N–H and O–H groups in total. The third kappa shape index (κ3) is 4.65.